The summed E-state index contributed by atoms with van der Waals surface area (Å²) in [6.07, 6.45) is -0.980. The Bertz CT molecular complexity index is 1020. The molecule has 0 saturated carbocycles. The molecule has 1 atom stereocenters. The van der Waals surface area contributed by atoms with Crippen molar-refractivity contribution in [3.63, 3.8) is 0 Å². The first-order valence-electron chi connectivity index (χ1n) is 8.74. The van der Waals surface area contributed by atoms with E-state index >= 15 is 0 Å². The molecule has 5 heteroatoms. The van der Waals surface area contributed by atoms with E-state index in [-0.39, 0.29) is 0 Å². The Hall–Kier alpha value is -3.91. The standard InChI is InChI=1S/C23H18N2O3/c1-16(22(26)25-21-9-5-6-17(14-21)15-24)28-23(27)20-12-10-19(11-13-20)18-7-3-2-4-8-18/h2-14,16H,1H3,(H,25,26). The predicted octanol–water partition coefficient (Wildman–Crippen LogP) is 4.41. The number of carbonyl (C=O) groups is 2. The number of rotatable bonds is 5. The third-order valence-electron chi connectivity index (χ3n) is 4.14. The lowest BCUT2D eigenvalue weighted by atomic mass is 10.0. The van der Waals surface area contributed by atoms with Gasteiger partial charge in [-0.05, 0) is 48.4 Å². The first-order valence-corrected chi connectivity index (χ1v) is 8.74. The summed E-state index contributed by atoms with van der Waals surface area (Å²) in [5.74, 6) is -1.04. The molecular weight excluding hydrogens is 352 g/mol. The molecular formula is C23H18N2O3. The zero-order chi connectivity index (χ0) is 19.9. The number of hydrogen-bond acceptors (Lipinski definition) is 4. The van der Waals surface area contributed by atoms with Crippen LogP contribution < -0.4 is 5.32 Å². The zero-order valence-electron chi connectivity index (χ0n) is 15.3. The van der Waals surface area contributed by atoms with Crippen molar-refractivity contribution in [3.05, 3.63) is 90.0 Å². The number of benzene rings is 3. The molecule has 0 radical (unpaired) electrons. The molecule has 3 aromatic carbocycles. The molecule has 1 N–H and O–H groups in total. The Morgan fingerprint density at radius 2 is 1.61 bits per heavy atom. The number of anilines is 1. The number of hydrogen-bond donors (Lipinski definition) is 1. The Balaban J connectivity index is 1.62. The van der Waals surface area contributed by atoms with Crippen LogP contribution in [0.5, 0.6) is 0 Å². The van der Waals surface area contributed by atoms with E-state index in [9.17, 15) is 9.59 Å². The van der Waals surface area contributed by atoms with Crippen LogP contribution in [-0.4, -0.2) is 18.0 Å². The Labute approximate surface area is 163 Å². The predicted molar refractivity (Wildman–Crippen MR) is 107 cm³/mol. The van der Waals surface area contributed by atoms with Crippen LogP contribution in [0.15, 0.2) is 78.9 Å². The highest BCUT2D eigenvalue weighted by Gasteiger charge is 2.19. The molecule has 5 nitrogen and oxygen atoms in total. The number of nitrogens with zero attached hydrogens (tertiary/aromatic N) is 1. The lowest BCUT2D eigenvalue weighted by molar-refractivity contribution is -0.123. The van der Waals surface area contributed by atoms with Crippen LogP contribution in [0.2, 0.25) is 0 Å². The van der Waals surface area contributed by atoms with E-state index < -0.39 is 18.0 Å². The first kappa shape index (κ1) is 18.9. The van der Waals surface area contributed by atoms with Gasteiger partial charge in [0.05, 0.1) is 17.2 Å². The van der Waals surface area contributed by atoms with E-state index in [1.165, 1.54) is 6.92 Å². The molecule has 28 heavy (non-hydrogen) atoms. The third kappa shape index (κ3) is 4.63. The van der Waals surface area contributed by atoms with Gasteiger partial charge in [0, 0.05) is 5.69 Å². The molecule has 0 spiro atoms. The topological polar surface area (TPSA) is 79.2 Å². The lowest BCUT2D eigenvalue weighted by Crippen LogP contribution is -2.30. The molecule has 0 heterocycles. The molecule has 0 aliphatic carbocycles. The maximum Gasteiger partial charge on any atom is 0.338 e. The van der Waals surface area contributed by atoms with Gasteiger partial charge in [-0.2, -0.15) is 5.26 Å². The van der Waals surface area contributed by atoms with Gasteiger partial charge >= 0.3 is 5.97 Å². The van der Waals surface area contributed by atoms with Crippen molar-refractivity contribution in [1.29, 1.82) is 5.26 Å². The fourth-order valence-corrected chi connectivity index (χ4v) is 2.62. The normalized spacial score (nSPS) is 11.1. The molecule has 0 saturated heterocycles. The minimum atomic E-state index is -0.980. The first-order chi connectivity index (χ1) is 13.6. The minimum Gasteiger partial charge on any atom is -0.449 e. The summed E-state index contributed by atoms with van der Waals surface area (Å²) in [6, 6.07) is 25.4. The maximum atomic E-state index is 12.3. The molecule has 3 rings (SSSR count). The van der Waals surface area contributed by atoms with Crippen LogP contribution in [0.1, 0.15) is 22.8 Å². The fraction of sp³-hybridized carbons (Fsp3) is 0.0870. The number of carbonyl (C=O) groups excluding carboxylic acids is 2. The van der Waals surface area contributed by atoms with E-state index in [0.717, 1.165) is 11.1 Å². The number of nitrogens with one attached hydrogen (secondary N) is 1. The van der Waals surface area contributed by atoms with Gasteiger partial charge in [0.25, 0.3) is 5.91 Å². The van der Waals surface area contributed by atoms with Crippen molar-refractivity contribution in [2.45, 2.75) is 13.0 Å². The van der Waals surface area contributed by atoms with Crippen LogP contribution >= 0.6 is 0 Å². The van der Waals surface area contributed by atoms with Crippen molar-refractivity contribution in [2.75, 3.05) is 5.32 Å². The highest BCUT2D eigenvalue weighted by molar-refractivity contribution is 5.97. The number of ether oxygens (including phenoxy) is 1. The fourth-order valence-electron chi connectivity index (χ4n) is 2.62. The van der Waals surface area contributed by atoms with Gasteiger partial charge in [-0.1, -0.05) is 48.5 Å². The van der Waals surface area contributed by atoms with Crippen LogP contribution in [-0.2, 0) is 9.53 Å². The molecule has 138 valence electrons. The molecule has 0 aromatic heterocycles. The van der Waals surface area contributed by atoms with Gasteiger partial charge in [0.1, 0.15) is 0 Å². The molecule has 0 aliphatic rings. The average Bonchev–Trinajstić information content (AvgIpc) is 2.74. The molecule has 3 aromatic rings. The van der Waals surface area contributed by atoms with Gasteiger partial charge in [-0.3, -0.25) is 4.79 Å². The summed E-state index contributed by atoms with van der Waals surface area (Å²) < 4.78 is 5.26. The van der Waals surface area contributed by atoms with Crippen molar-refractivity contribution in [3.8, 4) is 17.2 Å². The quantitative estimate of drug-likeness (QED) is 0.675. The van der Waals surface area contributed by atoms with Gasteiger partial charge in [-0.25, -0.2) is 4.79 Å². The summed E-state index contributed by atoms with van der Waals surface area (Å²) in [6.45, 7) is 1.50. The molecule has 1 amide bonds. The molecule has 0 aliphatic heterocycles. The van der Waals surface area contributed by atoms with Crippen molar-refractivity contribution >= 4 is 17.6 Å². The van der Waals surface area contributed by atoms with E-state index in [0.29, 0.717) is 16.8 Å². The van der Waals surface area contributed by atoms with Gasteiger partial charge in [0.2, 0.25) is 0 Å². The van der Waals surface area contributed by atoms with E-state index in [1.54, 1.807) is 36.4 Å². The largest absolute Gasteiger partial charge is 0.449 e. The average molecular weight is 370 g/mol. The summed E-state index contributed by atoms with van der Waals surface area (Å²) in [5, 5.41) is 11.5. The van der Waals surface area contributed by atoms with E-state index in [2.05, 4.69) is 5.32 Å². The minimum absolute atomic E-state index is 0.366. The molecule has 0 fully saturated rings. The van der Waals surface area contributed by atoms with Crippen LogP contribution in [0.4, 0.5) is 5.69 Å². The SMILES string of the molecule is CC(OC(=O)c1ccc(-c2ccccc2)cc1)C(=O)Nc1cccc(C#N)c1. The van der Waals surface area contributed by atoms with Gasteiger partial charge in [-0.15, -0.1) is 0 Å². The van der Waals surface area contributed by atoms with Gasteiger partial charge < -0.3 is 10.1 Å². The molecule has 1 unspecified atom stereocenters. The number of esters is 1. The zero-order valence-corrected chi connectivity index (χ0v) is 15.3. The second kappa shape index (κ2) is 8.65. The summed E-state index contributed by atoms with van der Waals surface area (Å²) in [4.78, 5) is 24.6. The van der Waals surface area contributed by atoms with Crippen LogP contribution in [0, 0.1) is 11.3 Å². The second-order valence-corrected chi connectivity index (χ2v) is 6.17. The summed E-state index contributed by atoms with van der Waals surface area (Å²) in [7, 11) is 0. The second-order valence-electron chi connectivity index (χ2n) is 6.17. The highest BCUT2D eigenvalue weighted by atomic mass is 16.5. The third-order valence-corrected chi connectivity index (χ3v) is 4.14. The maximum absolute atomic E-state index is 12.3. The number of nitriles is 1. The van der Waals surface area contributed by atoms with E-state index in [4.69, 9.17) is 10.00 Å². The Kier molecular flexibility index (Phi) is 5.83. The molecule has 0 bridgehead atoms. The van der Waals surface area contributed by atoms with Crippen molar-refractivity contribution in [2.24, 2.45) is 0 Å². The monoisotopic (exact) mass is 370 g/mol. The summed E-state index contributed by atoms with van der Waals surface area (Å²) in [5.41, 5.74) is 3.31. The highest BCUT2D eigenvalue weighted by Crippen LogP contribution is 2.20. The van der Waals surface area contributed by atoms with Crippen molar-refractivity contribution < 1.29 is 14.3 Å². The Morgan fingerprint density at radius 3 is 2.29 bits per heavy atom. The smallest absolute Gasteiger partial charge is 0.338 e. The van der Waals surface area contributed by atoms with Crippen LogP contribution in [0.25, 0.3) is 11.1 Å². The van der Waals surface area contributed by atoms with Crippen LogP contribution in [0.3, 0.4) is 0 Å². The Morgan fingerprint density at radius 1 is 0.929 bits per heavy atom. The summed E-state index contributed by atoms with van der Waals surface area (Å²) >= 11 is 0. The number of amides is 1. The lowest BCUT2D eigenvalue weighted by Gasteiger charge is -2.14. The van der Waals surface area contributed by atoms with Gasteiger partial charge in [0.15, 0.2) is 6.10 Å². The van der Waals surface area contributed by atoms with E-state index in [1.807, 2.05) is 48.5 Å². The van der Waals surface area contributed by atoms with Crippen molar-refractivity contribution in [1.82, 2.24) is 0 Å².